The van der Waals surface area contributed by atoms with Crippen molar-refractivity contribution in [2.75, 3.05) is 13.1 Å². The van der Waals surface area contributed by atoms with E-state index in [0.29, 0.717) is 37.1 Å². The van der Waals surface area contributed by atoms with Crippen molar-refractivity contribution in [1.82, 2.24) is 10.2 Å². The van der Waals surface area contributed by atoms with E-state index in [2.05, 4.69) is 5.32 Å². The number of nitrogens with zero attached hydrogens (tertiary/aromatic N) is 1. The minimum Gasteiger partial charge on any atom is -0.438 e. The summed E-state index contributed by atoms with van der Waals surface area (Å²) < 4.78 is 32.5. The second-order valence-corrected chi connectivity index (χ2v) is 8.01. The Labute approximate surface area is 191 Å². The van der Waals surface area contributed by atoms with Gasteiger partial charge in [0, 0.05) is 38.0 Å². The summed E-state index contributed by atoms with van der Waals surface area (Å²) in [5, 5.41) is 2.62. The van der Waals surface area contributed by atoms with Gasteiger partial charge in [-0.2, -0.15) is 0 Å². The number of likely N-dealkylation sites (tertiary alicyclic amines) is 1. The van der Waals surface area contributed by atoms with Crippen LogP contribution in [-0.4, -0.2) is 30.0 Å². The summed E-state index contributed by atoms with van der Waals surface area (Å²) >= 11 is 0. The van der Waals surface area contributed by atoms with Crippen molar-refractivity contribution in [3.63, 3.8) is 0 Å². The van der Waals surface area contributed by atoms with Crippen molar-refractivity contribution in [1.29, 1.82) is 0 Å². The standard InChI is InChI=1S/C26H24F2N2O3/c27-22-12-11-19(17-23(22)28)18-29-25(32)33-26(21-9-5-2-6-10-21)13-15-30(16-14-26)24(31)20-7-3-1-4-8-20/h1-12,17H,13-16,18H2,(H,29,32). The van der Waals surface area contributed by atoms with Gasteiger partial charge >= 0.3 is 6.09 Å². The number of hydrogen-bond acceptors (Lipinski definition) is 3. The first-order valence-electron chi connectivity index (χ1n) is 10.8. The van der Waals surface area contributed by atoms with Crippen LogP contribution in [0.5, 0.6) is 0 Å². The van der Waals surface area contributed by atoms with Gasteiger partial charge in [0.05, 0.1) is 0 Å². The zero-order valence-corrected chi connectivity index (χ0v) is 18.0. The molecule has 1 saturated heterocycles. The number of nitrogens with one attached hydrogen (secondary N) is 1. The molecule has 33 heavy (non-hydrogen) atoms. The Kier molecular flexibility index (Phi) is 6.68. The number of halogens is 2. The number of hydrogen-bond donors (Lipinski definition) is 1. The fraction of sp³-hybridized carbons (Fsp3) is 0.231. The minimum absolute atomic E-state index is 0.000475. The van der Waals surface area contributed by atoms with E-state index in [1.165, 1.54) is 6.07 Å². The summed E-state index contributed by atoms with van der Waals surface area (Å²) in [5.74, 6) is -1.97. The molecule has 2 amide bonds. The predicted molar refractivity (Wildman–Crippen MR) is 119 cm³/mol. The van der Waals surface area contributed by atoms with Gasteiger partial charge in [-0.3, -0.25) is 4.79 Å². The Balaban J connectivity index is 1.45. The minimum atomic E-state index is -0.973. The number of alkyl carbamates (subject to hydrolysis) is 1. The third-order valence-electron chi connectivity index (χ3n) is 5.89. The van der Waals surface area contributed by atoms with Crippen molar-refractivity contribution in [3.05, 3.63) is 107 Å². The third kappa shape index (κ3) is 5.19. The van der Waals surface area contributed by atoms with Crippen molar-refractivity contribution in [2.24, 2.45) is 0 Å². The van der Waals surface area contributed by atoms with E-state index in [4.69, 9.17) is 4.74 Å². The summed E-state index contributed by atoms with van der Waals surface area (Å²) in [6.07, 6.45) is 0.217. The zero-order chi connectivity index (χ0) is 23.3. The highest BCUT2D eigenvalue weighted by Crippen LogP contribution is 2.37. The highest BCUT2D eigenvalue weighted by atomic mass is 19.2. The highest BCUT2D eigenvalue weighted by Gasteiger charge is 2.41. The quantitative estimate of drug-likeness (QED) is 0.594. The molecule has 4 rings (SSSR count). The van der Waals surface area contributed by atoms with Crippen LogP contribution in [0.25, 0.3) is 0 Å². The van der Waals surface area contributed by atoms with Crippen molar-refractivity contribution < 1.29 is 23.1 Å². The Bertz CT molecular complexity index is 1110. The molecule has 1 aliphatic rings. The van der Waals surface area contributed by atoms with Crippen molar-refractivity contribution in [2.45, 2.75) is 25.0 Å². The summed E-state index contributed by atoms with van der Waals surface area (Å²) in [6.45, 7) is 0.859. The van der Waals surface area contributed by atoms with Crippen LogP contribution in [0.2, 0.25) is 0 Å². The normalized spacial score (nSPS) is 15.0. The zero-order valence-electron chi connectivity index (χ0n) is 18.0. The fourth-order valence-electron chi connectivity index (χ4n) is 4.06. The second-order valence-electron chi connectivity index (χ2n) is 8.01. The molecule has 1 N–H and O–H groups in total. The molecular formula is C26H24F2N2O3. The van der Waals surface area contributed by atoms with Gasteiger partial charge in [0.1, 0.15) is 5.60 Å². The number of amides is 2. The van der Waals surface area contributed by atoms with Crippen LogP contribution in [0.3, 0.4) is 0 Å². The largest absolute Gasteiger partial charge is 0.438 e. The van der Waals surface area contributed by atoms with Crippen LogP contribution >= 0.6 is 0 Å². The van der Waals surface area contributed by atoms with E-state index in [1.54, 1.807) is 17.0 Å². The summed E-state index contributed by atoms with van der Waals surface area (Å²) in [4.78, 5) is 27.3. The molecule has 0 unspecified atom stereocenters. The number of piperidine rings is 1. The van der Waals surface area contributed by atoms with E-state index in [-0.39, 0.29) is 12.5 Å². The lowest BCUT2D eigenvalue weighted by Crippen LogP contribution is -2.48. The molecule has 0 spiro atoms. The van der Waals surface area contributed by atoms with Gasteiger partial charge < -0.3 is 15.0 Å². The van der Waals surface area contributed by atoms with Crippen LogP contribution in [0.4, 0.5) is 13.6 Å². The highest BCUT2D eigenvalue weighted by molar-refractivity contribution is 5.94. The van der Waals surface area contributed by atoms with Gasteiger partial charge in [0.15, 0.2) is 11.6 Å². The molecule has 0 aliphatic carbocycles. The van der Waals surface area contributed by atoms with Gasteiger partial charge in [-0.25, -0.2) is 13.6 Å². The molecule has 3 aromatic carbocycles. The van der Waals surface area contributed by atoms with Gasteiger partial charge in [-0.15, -0.1) is 0 Å². The molecule has 1 fully saturated rings. The van der Waals surface area contributed by atoms with Crippen molar-refractivity contribution >= 4 is 12.0 Å². The second kappa shape index (κ2) is 9.81. The molecule has 0 aromatic heterocycles. The topological polar surface area (TPSA) is 58.6 Å². The average molecular weight is 450 g/mol. The summed E-state index contributed by atoms with van der Waals surface area (Å²) in [7, 11) is 0. The maximum Gasteiger partial charge on any atom is 0.408 e. The lowest BCUT2D eigenvalue weighted by Gasteiger charge is -2.41. The number of ether oxygens (including phenoxy) is 1. The Morgan fingerprint density at radius 3 is 2.15 bits per heavy atom. The van der Waals surface area contributed by atoms with E-state index in [9.17, 15) is 18.4 Å². The number of carbonyl (C=O) groups excluding carboxylic acids is 2. The molecular weight excluding hydrogens is 426 g/mol. The van der Waals surface area contributed by atoms with Crippen molar-refractivity contribution in [3.8, 4) is 0 Å². The van der Waals surface area contributed by atoms with E-state index < -0.39 is 23.3 Å². The maximum atomic E-state index is 13.4. The molecule has 0 bridgehead atoms. The molecule has 1 aliphatic heterocycles. The molecule has 1 heterocycles. The van der Waals surface area contributed by atoms with E-state index in [1.807, 2.05) is 48.5 Å². The molecule has 3 aromatic rings. The van der Waals surface area contributed by atoms with E-state index >= 15 is 0 Å². The Hall–Kier alpha value is -3.74. The van der Waals surface area contributed by atoms with Gasteiger partial charge in [-0.1, -0.05) is 54.6 Å². The lowest BCUT2D eigenvalue weighted by molar-refractivity contribution is -0.0359. The first-order valence-corrected chi connectivity index (χ1v) is 10.8. The van der Waals surface area contributed by atoms with Gasteiger partial charge in [-0.05, 0) is 35.4 Å². The maximum absolute atomic E-state index is 13.4. The van der Waals surface area contributed by atoms with Crippen LogP contribution in [0.1, 0.15) is 34.3 Å². The van der Waals surface area contributed by atoms with Crippen LogP contribution in [-0.2, 0) is 16.9 Å². The number of carbonyl (C=O) groups is 2. The SMILES string of the molecule is O=C(NCc1ccc(F)c(F)c1)OC1(c2ccccc2)CCN(C(=O)c2ccccc2)CC1. The first-order chi connectivity index (χ1) is 16.0. The average Bonchev–Trinajstić information content (AvgIpc) is 2.86. The van der Waals surface area contributed by atoms with Crippen LogP contribution in [0, 0.1) is 11.6 Å². The third-order valence-corrected chi connectivity index (χ3v) is 5.89. The predicted octanol–water partition coefficient (Wildman–Crippen LogP) is 5.02. The first kappa shape index (κ1) is 22.5. The molecule has 170 valence electrons. The molecule has 0 radical (unpaired) electrons. The van der Waals surface area contributed by atoms with Gasteiger partial charge in [0.2, 0.25) is 0 Å². The Morgan fingerprint density at radius 2 is 1.52 bits per heavy atom. The smallest absolute Gasteiger partial charge is 0.408 e. The number of rotatable bonds is 5. The van der Waals surface area contributed by atoms with Crippen LogP contribution < -0.4 is 5.32 Å². The Morgan fingerprint density at radius 1 is 0.879 bits per heavy atom. The molecule has 7 heteroatoms. The monoisotopic (exact) mass is 450 g/mol. The van der Waals surface area contributed by atoms with Gasteiger partial charge in [0.25, 0.3) is 5.91 Å². The fourth-order valence-corrected chi connectivity index (χ4v) is 4.06. The summed E-state index contributed by atoms with van der Waals surface area (Å²) in [6, 6.07) is 22.0. The molecule has 5 nitrogen and oxygen atoms in total. The molecule has 0 saturated carbocycles. The molecule has 0 atom stereocenters. The number of benzene rings is 3. The lowest BCUT2D eigenvalue weighted by atomic mass is 9.84. The van der Waals surface area contributed by atoms with E-state index in [0.717, 1.165) is 17.7 Å². The summed E-state index contributed by atoms with van der Waals surface area (Å²) in [5.41, 5.74) is 0.991. The van der Waals surface area contributed by atoms with Crippen LogP contribution in [0.15, 0.2) is 78.9 Å².